The van der Waals surface area contributed by atoms with Crippen molar-refractivity contribution in [3.05, 3.63) is 66.1 Å². The number of ether oxygens (including phenoxy) is 2. The first kappa shape index (κ1) is 24.3. The number of amides is 1. The van der Waals surface area contributed by atoms with Gasteiger partial charge in [0.05, 0.1) is 25.6 Å². The summed E-state index contributed by atoms with van der Waals surface area (Å²) in [6.45, 7) is 7.00. The molecule has 10 nitrogen and oxygen atoms in total. The van der Waals surface area contributed by atoms with Gasteiger partial charge in [-0.05, 0) is 49.1 Å². The monoisotopic (exact) mass is 513 g/mol. The molecule has 0 spiro atoms. The SMILES string of the molecule is Cc1cc(-c2cnn3c(NCCN4CCOCC4)cc(Oc4cccnc4)nc23)ccc1C(=O)NC1CC1. The number of hydrogen-bond acceptors (Lipinski definition) is 8. The van der Waals surface area contributed by atoms with Gasteiger partial charge in [-0.15, -0.1) is 0 Å². The number of anilines is 1. The van der Waals surface area contributed by atoms with Gasteiger partial charge in [0.2, 0.25) is 5.88 Å². The van der Waals surface area contributed by atoms with Gasteiger partial charge >= 0.3 is 0 Å². The highest BCUT2D eigenvalue weighted by atomic mass is 16.5. The molecule has 0 radical (unpaired) electrons. The fourth-order valence-electron chi connectivity index (χ4n) is 4.59. The van der Waals surface area contributed by atoms with E-state index >= 15 is 0 Å². The molecule has 0 unspecified atom stereocenters. The fourth-order valence-corrected chi connectivity index (χ4v) is 4.59. The van der Waals surface area contributed by atoms with Crippen molar-refractivity contribution in [3.63, 3.8) is 0 Å². The van der Waals surface area contributed by atoms with Crippen LogP contribution >= 0.6 is 0 Å². The van der Waals surface area contributed by atoms with Crippen LogP contribution in [0.4, 0.5) is 5.82 Å². The van der Waals surface area contributed by atoms with Crippen LogP contribution in [0.15, 0.2) is 55.0 Å². The highest BCUT2D eigenvalue weighted by Gasteiger charge is 2.24. The summed E-state index contributed by atoms with van der Waals surface area (Å²) in [5.41, 5.74) is 4.05. The number of fused-ring (bicyclic) bond motifs is 1. The van der Waals surface area contributed by atoms with E-state index in [-0.39, 0.29) is 5.91 Å². The van der Waals surface area contributed by atoms with Crippen molar-refractivity contribution in [1.29, 1.82) is 0 Å². The molecular formula is C28H31N7O3. The molecule has 0 atom stereocenters. The first-order valence-corrected chi connectivity index (χ1v) is 13.1. The number of benzene rings is 1. The van der Waals surface area contributed by atoms with Crippen LogP contribution in [0.1, 0.15) is 28.8 Å². The molecule has 3 aromatic heterocycles. The van der Waals surface area contributed by atoms with Crippen molar-refractivity contribution in [2.24, 2.45) is 0 Å². The molecule has 2 aliphatic rings. The van der Waals surface area contributed by atoms with Crippen LogP contribution < -0.4 is 15.4 Å². The van der Waals surface area contributed by atoms with Crippen molar-refractivity contribution < 1.29 is 14.3 Å². The van der Waals surface area contributed by atoms with Gasteiger partial charge in [-0.3, -0.25) is 14.7 Å². The molecule has 196 valence electrons. The number of hydrogen-bond donors (Lipinski definition) is 2. The Bertz CT molecular complexity index is 1430. The molecule has 10 heteroatoms. The maximum atomic E-state index is 12.6. The zero-order valence-electron chi connectivity index (χ0n) is 21.4. The molecule has 1 aromatic carbocycles. The lowest BCUT2D eigenvalue weighted by Gasteiger charge is -2.26. The number of nitrogens with one attached hydrogen (secondary N) is 2. The Balaban J connectivity index is 1.30. The zero-order chi connectivity index (χ0) is 25.9. The molecule has 2 fully saturated rings. The molecular weight excluding hydrogens is 482 g/mol. The van der Waals surface area contributed by atoms with Crippen molar-refractivity contribution in [2.75, 3.05) is 44.7 Å². The fraction of sp³-hybridized carbons (Fsp3) is 0.357. The first-order chi connectivity index (χ1) is 18.6. The van der Waals surface area contributed by atoms with Gasteiger partial charge < -0.3 is 20.1 Å². The summed E-state index contributed by atoms with van der Waals surface area (Å²) in [6.07, 6.45) is 7.28. The first-order valence-electron chi connectivity index (χ1n) is 13.1. The van der Waals surface area contributed by atoms with Crippen molar-refractivity contribution in [1.82, 2.24) is 29.8 Å². The Morgan fingerprint density at radius 1 is 1.16 bits per heavy atom. The molecule has 6 rings (SSSR count). The average Bonchev–Trinajstić information content (AvgIpc) is 3.64. The van der Waals surface area contributed by atoms with Gasteiger partial charge in [-0.1, -0.05) is 12.1 Å². The van der Waals surface area contributed by atoms with Gasteiger partial charge in [0.25, 0.3) is 5.91 Å². The second kappa shape index (κ2) is 10.8. The lowest BCUT2D eigenvalue weighted by molar-refractivity contribution is 0.0398. The highest BCUT2D eigenvalue weighted by Crippen LogP contribution is 2.31. The molecule has 38 heavy (non-hydrogen) atoms. The van der Waals surface area contributed by atoms with Crippen LogP contribution in [-0.4, -0.2) is 75.8 Å². The summed E-state index contributed by atoms with van der Waals surface area (Å²) in [5, 5.41) is 11.2. The molecule has 1 amide bonds. The number of aromatic nitrogens is 4. The number of rotatable bonds is 9. The van der Waals surface area contributed by atoms with Gasteiger partial charge in [0.1, 0.15) is 11.6 Å². The van der Waals surface area contributed by atoms with E-state index in [0.29, 0.717) is 28.9 Å². The van der Waals surface area contributed by atoms with Crippen LogP contribution in [0.2, 0.25) is 0 Å². The molecule has 1 aliphatic carbocycles. The quantitative estimate of drug-likeness (QED) is 0.350. The van der Waals surface area contributed by atoms with Crippen LogP contribution in [0, 0.1) is 6.92 Å². The predicted octanol–water partition coefficient (Wildman–Crippen LogP) is 3.53. The maximum Gasteiger partial charge on any atom is 0.251 e. The summed E-state index contributed by atoms with van der Waals surface area (Å²) >= 11 is 0. The van der Waals surface area contributed by atoms with E-state index in [0.717, 1.165) is 74.7 Å². The van der Waals surface area contributed by atoms with E-state index in [1.165, 1.54) is 0 Å². The molecule has 4 aromatic rings. The summed E-state index contributed by atoms with van der Waals surface area (Å²) in [5.74, 6) is 1.81. The second-order valence-electron chi connectivity index (χ2n) is 9.72. The average molecular weight is 514 g/mol. The molecule has 0 bridgehead atoms. The summed E-state index contributed by atoms with van der Waals surface area (Å²) in [7, 11) is 0. The van der Waals surface area contributed by atoms with Crippen molar-refractivity contribution >= 4 is 17.4 Å². The number of aryl methyl sites for hydroxylation is 1. The second-order valence-corrected chi connectivity index (χ2v) is 9.72. The number of carbonyl (C=O) groups is 1. The van der Waals surface area contributed by atoms with E-state index in [4.69, 9.17) is 14.5 Å². The number of morpholine rings is 1. The minimum atomic E-state index is -0.0200. The van der Waals surface area contributed by atoms with Crippen LogP contribution in [0.5, 0.6) is 11.6 Å². The van der Waals surface area contributed by atoms with Crippen molar-refractivity contribution in [2.45, 2.75) is 25.8 Å². The Morgan fingerprint density at radius 3 is 2.79 bits per heavy atom. The number of carbonyl (C=O) groups excluding carboxylic acids is 1. The van der Waals surface area contributed by atoms with E-state index in [1.54, 1.807) is 16.9 Å². The molecule has 1 aliphatic heterocycles. The van der Waals surface area contributed by atoms with Crippen LogP contribution in [0.25, 0.3) is 16.8 Å². The van der Waals surface area contributed by atoms with Gasteiger partial charge in [-0.25, -0.2) is 0 Å². The van der Waals surface area contributed by atoms with E-state index in [1.807, 2.05) is 49.5 Å². The summed E-state index contributed by atoms with van der Waals surface area (Å²) < 4.78 is 13.3. The van der Waals surface area contributed by atoms with E-state index in [2.05, 4.69) is 25.6 Å². The lowest BCUT2D eigenvalue weighted by Crippen LogP contribution is -2.39. The number of pyridine rings is 1. The number of nitrogens with zero attached hydrogens (tertiary/aromatic N) is 5. The third-order valence-corrected chi connectivity index (χ3v) is 6.84. The smallest absolute Gasteiger partial charge is 0.251 e. The minimum absolute atomic E-state index is 0.0200. The third kappa shape index (κ3) is 5.46. The van der Waals surface area contributed by atoms with E-state index in [9.17, 15) is 4.79 Å². The predicted molar refractivity (Wildman–Crippen MR) is 144 cm³/mol. The van der Waals surface area contributed by atoms with Crippen molar-refractivity contribution in [3.8, 4) is 22.8 Å². The lowest BCUT2D eigenvalue weighted by atomic mass is 10.0. The Labute approximate surface area is 221 Å². The molecule has 2 N–H and O–H groups in total. The maximum absolute atomic E-state index is 12.6. The van der Waals surface area contributed by atoms with Gasteiger partial charge in [0, 0.05) is 55.6 Å². The standard InChI is InChI=1S/C28H31N7O3/c1-19-15-20(4-7-23(19)28(36)32-21-5-6-21)24-18-31-35-25(30-9-10-34-11-13-37-14-12-34)16-26(33-27(24)35)38-22-3-2-8-29-17-22/h2-4,7-8,15-18,21,30H,5-6,9-14H2,1H3,(H,32,36). The topological polar surface area (TPSA) is 106 Å². The van der Waals surface area contributed by atoms with Crippen LogP contribution in [-0.2, 0) is 4.74 Å². The summed E-state index contributed by atoms with van der Waals surface area (Å²) in [6, 6.07) is 11.7. The molecule has 1 saturated carbocycles. The Hall–Kier alpha value is -4.02. The summed E-state index contributed by atoms with van der Waals surface area (Å²) in [4.78, 5) is 23.9. The Kier molecular flexibility index (Phi) is 6.89. The highest BCUT2D eigenvalue weighted by molar-refractivity contribution is 5.97. The Morgan fingerprint density at radius 2 is 2.03 bits per heavy atom. The molecule has 1 saturated heterocycles. The normalized spacial score (nSPS) is 15.9. The minimum Gasteiger partial charge on any atom is -0.437 e. The van der Waals surface area contributed by atoms with Gasteiger partial charge in [-0.2, -0.15) is 14.6 Å². The van der Waals surface area contributed by atoms with E-state index < -0.39 is 0 Å². The third-order valence-electron chi connectivity index (χ3n) is 6.84. The largest absolute Gasteiger partial charge is 0.437 e. The van der Waals surface area contributed by atoms with Gasteiger partial charge in [0.15, 0.2) is 5.65 Å². The van der Waals surface area contributed by atoms with Crippen LogP contribution in [0.3, 0.4) is 0 Å². The molecule has 4 heterocycles. The zero-order valence-corrected chi connectivity index (χ0v) is 21.4.